The molecule has 11 heavy (non-hydrogen) atoms. The summed E-state index contributed by atoms with van der Waals surface area (Å²) in [6.07, 6.45) is 2.43. The van der Waals surface area contributed by atoms with E-state index in [1.165, 1.54) is 17.8 Å². The van der Waals surface area contributed by atoms with Crippen molar-refractivity contribution in [3.05, 3.63) is 8.02 Å². The summed E-state index contributed by atoms with van der Waals surface area (Å²) in [4.78, 5) is 0. The molecule has 0 saturated carbocycles. The van der Waals surface area contributed by atoms with Gasteiger partial charge in [0.1, 0.15) is 5.01 Å². The SMILES string of the molecule is CCCC(C)c1nnc(I)s1. The minimum absolute atomic E-state index is 0.584. The smallest absolute Gasteiger partial charge is 0.142 e. The number of nitrogens with zero attached hydrogens (tertiary/aromatic N) is 2. The zero-order valence-corrected chi connectivity index (χ0v) is 9.65. The van der Waals surface area contributed by atoms with Crippen molar-refractivity contribution in [2.24, 2.45) is 0 Å². The Morgan fingerprint density at radius 2 is 2.27 bits per heavy atom. The van der Waals surface area contributed by atoms with Crippen LogP contribution in [0.1, 0.15) is 37.6 Å². The van der Waals surface area contributed by atoms with Crippen molar-refractivity contribution >= 4 is 33.9 Å². The molecule has 0 saturated heterocycles. The van der Waals surface area contributed by atoms with Gasteiger partial charge < -0.3 is 0 Å². The van der Waals surface area contributed by atoms with E-state index < -0.39 is 0 Å². The van der Waals surface area contributed by atoms with Crippen molar-refractivity contribution in [2.45, 2.75) is 32.6 Å². The molecule has 4 heteroatoms. The molecule has 1 rings (SSSR count). The van der Waals surface area contributed by atoms with Gasteiger partial charge in [-0.1, -0.05) is 31.6 Å². The van der Waals surface area contributed by atoms with Gasteiger partial charge in [-0.05, 0) is 29.0 Å². The van der Waals surface area contributed by atoms with Crippen LogP contribution in [0, 0.1) is 3.01 Å². The van der Waals surface area contributed by atoms with Crippen molar-refractivity contribution in [3.63, 3.8) is 0 Å². The number of aromatic nitrogens is 2. The third-order valence-corrected chi connectivity index (χ3v) is 3.38. The van der Waals surface area contributed by atoms with E-state index >= 15 is 0 Å². The lowest BCUT2D eigenvalue weighted by atomic mass is 10.1. The minimum Gasteiger partial charge on any atom is -0.142 e. The van der Waals surface area contributed by atoms with Gasteiger partial charge in [-0.3, -0.25) is 0 Å². The van der Waals surface area contributed by atoms with Crippen LogP contribution in [0.4, 0.5) is 0 Å². The van der Waals surface area contributed by atoms with Crippen molar-refractivity contribution < 1.29 is 0 Å². The largest absolute Gasteiger partial charge is 0.178 e. The molecule has 1 aromatic heterocycles. The maximum absolute atomic E-state index is 4.10. The second-order valence-corrected chi connectivity index (χ2v) is 5.35. The van der Waals surface area contributed by atoms with Crippen LogP contribution in [0.2, 0.25) is 0 Å². The fraction of sp³-hybridized carbons (Fsp3) is 0.714. The second-order valence-electron chi connectivity index (χ2n) is 2.58. The standard InChI is InChI=1S/C7H11IN2S/c1-3-4-5(2)6-9-10-7(8)11-6/h5H,3-4H2,1-2H3. The molecule has 0 amide bonds. The number of rotatable bonds is 3. The van der Waals surface area contributed by atoms with Gasteiger partial charge in [0.2, 0.25) is 0 Å². The van der Waals surface area contributed by atoms with E-state index in [2.05, 4.69) is 46.6 Å². The quantitative estimate of drug-likeness (QED) is 0.796. The summed E-state index contributed by atoms with van der Waals surface area (Å²) in [5.74, 6) is 0.584. The van der Waals surface area contributed by atoms with Crippen molar-refractivity contribution in [2.75, 3.05) is 0 Å². The van der Waals surface area contributed by atoms with Crippen LogP contribution in [0.15, 0.2) is 0 Å². The third kappa shape index (κ3) is 2.66. The van der Waals surface area contributed by atoms with Crippen LogP contribution >= 0.6 is 33.9 Å². The van der Waals surface area contributed by atoms with Gasteiger partial charge >= 0.3 is 0 Å². The number of hydrogen-bond donors (Lipinski definition) is 0. The van der Waals surface area contributed by atoms with Crippen molar-refractivity contribution in [1.82, 2.24) is 10.2 Å². The molecule has 0 spiro atoms. The summed E-state index contributed by atoms with van der Waals surface area (Å²) in [6.45, 7) is 4.41. The molecule has 2 nitrogen and oxygen atoms in total. The van der Waals surface area contributed by atoms with Gasteiger partial charge in [0, 0.05) is 5.92 Å². The molecule has 0 radical (unpaired) electrons. The van der Waals surface area contributed by atoms with Gasteiger partial charge in [0.15, 0.2) is 3.01 Å². The first-order valence-electron chi connectivity index (χ1n) is 3.73. The highest BCUT2D eigenvalue weighted by Gasteiger charge is 2.09. The zero-order chi connectivity index (χ0) is 8.27. The molecule has 0 aromatic carbocycles. The molecule has 1 unspecified atom stereocenters. The molecular formula is C7H11IN2S. The molecule has 0 fully saturated rings. The van der Waals surface area contributed by atoms with E-state index in [1.54, 1.807) is 11.3 Å². The molecule has 1 heterocycles. The first kappa shape index (κ1) is 9.38. The summed E-state index contributed by atoms with van der Waals surface area (Å²) in [5.41, 5.74) is 0. The van der Waals surface area contributed by atoms with E-state index in [1.807, 2.05) is 0 Å². The predicted molar refractivity (Wildman–Crippen MR) is 55.9 cm³/mol. The first-order valence-corrected chi connectivity index (χ1v) is 5.62. The van der Waals surface area contributed by atoms with E-state index in [-0.39, 0.29) is 0 Å². The van der Waals surface area contributed by atoms with Gasteiger partial charge in [0.05, 0.1) is 0 Å². The fourth-order valence-electron chi connectivity index (χ4n) is 0.971. The average Bonchev–Trinajstić information content (AvgIpc) is 2.36. The number of hydrogen-bond acceptors (Lipinski definition) is 3. The Bertz CT molecular complexity index is 224. The highest BCUT2D eigenvalue weighted by molar-refractivity contribution is 14.1. The topological polar surface area (TPSA) is 25.8 Å². The molecule has 0 aliphatic rings. The molecule has 1 atom stereocenters. The Balaban J connectivity index is 2.60. The molecule has 62 valence electrons. The molecule has 0 aliphatic heterocycles. The van der Waals surface area contributed by atoms with Crippen molar-refractivity contribution in [1.29, 1.82) is 0 Å². The highest BCUT2D eigenvalue weighted by atomic mass is 127. The average molecular weight is 282 g/mol. The molecule has 0 aliphatic carbocycles. The summed E-state index contributed by atoms with van der Waals surface area (Å²) < 4.78 is 1.04. The lowest BCUT2D eigenvalue weighted by Gasteiger charge is -2.02. The van der Waals surface area contributed by atoms with E-state index in [0.717, 1.165) is 3.01 Å². The third-order valence-electron chi connectivity index (χ3n) is 1.56. The molecular weight excluding hydrogens is 271 g/mol. The summed E-state index contributed by atoms with van der Waals surface area (Å²) >= 11 is 3.91. The number of halogens is 1. The Kier molecular flexibility index (Phi) is 3.71. The summed E-state index contributed by atoms with van der Waals surface area (Å²) in [7, 11) is 0. The Labute approximate surface area is 84.6 Å². The summed E-state index contributed by atoms with van der Waals surface area (Å²) in [5, 5.41) is 9.25. The highest BCUT2D eigenvalue weighted by Crippen LogP contribution is 2.24. The fourth-order valence-corrected chi connectivity index (χ4v) is 2.41. The van der Waals surface area contributed by atoms with Crippen molar-refractivity contribution in [3.8, 4) is 0 Å². The van der Waals surface area contributed by atoms with Gasteiger partial charge in [-0.25, -0.2) is 0 Å². The minimum atomic E-state index is 0.584. The van der Waals surface area contributed by atoms with Gasteiger partial charge in [-0.15, -0.1) is 10.2 Å². The van der Waals surface area contributed by atoms with Gasteiger partial charge in [0.25, 0.3) is 0 Å². The van der Waals surface area contributed by atoms with Crippen LogP contribution < -0.4 is 0 Å². The maximum Gasteiger partial charge on any atom is 0.178 e. The van der Waals surface area contributed by atoms with E-state index in [9.17, 15) is 0 Å². The second kappa shape index (κ2) is 4.35. The van der Waals surface area contributed by atoms with E-state index in [0.29, 0.717) is 5.92 Å². The lowest BCUT2D eigenvalue weighted by Crippen LogP contribution is -1.91. The van der Waals surface area contributed by atoms with E-state index in [4.69, 9.17) is 0 Å². The Morgan fingerprint density at radius 3 is 2.73 bits per heavy atom. The zero-order valence-electron chi connectivity index (χ0n) is 6.67. The molecule has 0 N–H and O–H groups in total. The molecule has 0 bridgehead atoms. The van der Waals surface area contributed by atoms with Crippen LogP contribution in [0.5, 0.6) is 0 Å². The van der Waals surface area contributed by atoms with Crippen LogP contribution in [-0.4, -0.2) is 10.2 Å². The lowest BCUT2D eigenvalue weighted by molar-refractivity contribution is 0.653. The van der Waals surface area contributed by atoms with Crippen LogP contribution in [0.3, 0.4) is 0 Å². The molecule has 1 aromatic rings. The monoisotopic (exact) mass is 282 g/mol. The van der Waals surface area contributed by atoms with Crippen LogP contribution in [-0.2, 0) is 0 Å². The normalized spacial score (nSPS) is 13.4. The van der Waals surface area contributed by atoms with Gasteiger partial charge in [-0.2, -0.15) is 0 Å². The summed E-state index contributed by atoms with van der Waals surface area (Å²) in [6, 6.07) is 0. The Morgan fingerprint density at radius 1 is 1.55 bits per heavy atom. The Hall–Kier alpha value is 0.290. The predicted octanol–water partition coefficient (Wildman–Crippen LogP) is 3.05. The maximum atomic E-state index is 4.10. The van der Waals surface area contributed by atoms with Crippen LogP contribution in [0.25, 0.3) is 0 Å². The first-order chi connectivity index (χ1) is 5.24.